The summed E-state index contributed by atoms with van der Waals surface area (Å²) in [5.41, 5.74) is 5.34. The van der Waals surface area contributed by atoms with Crippen molar-refractivity contribution in [3.05, 3.63) is 28.8 Å². The van der Waals surface area contributed by atoms with Crippen molar-refractivity contribution in [2.45, 2.75) is 47.6 Å². The molecule has 0 aromatic heterocycles. The van der Waals surface area contributed by atoms with E-state index in [1.807, 2.05) is 0 Å². The first-order valence-corrected chi connectivity index (χ1v) is 10.8. The zero-order chi connectivity index (χ0) is 22.2. The molecule has 0 radical (unpaired) electrons. The monoisotopic (exact) mass is 434 g/mol. The summed E-state index contributed by atoms with van der Waals surface area (Å²) in [4.78, 5) is 2.33. The minimum atomic E-state index is -10.7. The van der Waals surface area contributed by atoms with E-state index in [1.165, 1.54) is 22.4 Å². The molecule has 1 heterocycles. The van der Waals surface area contributed by atoms with Gasteiger partial charge in [-0.05, 0) is 31.9 Å². The molecule has 28 heavy (non-hydrogen) atoms. The van der Waals surface area contributed by atoms with Gasteiger partial charge < -0.3 is 5.11 Å². The van der Waals surface area contributed by atoms with Crippen LogP contribution in [0, 0.1) is 26.2 Å². The van der Waals surface area contributed by atoms with Crippen LogP contribution in [0.1, 0.15) is 37.5 Å². The molecule has 3 nitrogen and oxygen atoms in total. The third kappa shape index (κ3) is 8.78. The maximum atomic E-state index is 9.87. The molecule has 1 aromatic rings. The number of anilines is 1. The van der Waals surface area contributed by atoms with Gasteiger partial charge in [0.15, 0.2) is 0 Å². The van der Waals surface area contributed by atoms with Crippen LogP contribution in [0.3, 0.4) is 0 Å². The van der Waals surface area contributed by atoms with Gasteiger partial charge >= 0.3 is 33.0 Å². The van der Waals surface area contributed by atoms with Crippen molar-refractivity contribution in [3.8, 4) is 0 Å². The van der Waals surface area contributed by atoms with Gasteiger partial charge in [-0.15, -0.1) is 0 Å². The van der Waals surface area contributed by atoms with Gasteiger partial charge in [-0.25, -0.2) is 4.90 Å². The van der Waals surface area contributed by atoms with Crippen molar-refractivity contribution in [1.29, 1.82) is 0 Å². The molecule has 0 bridgehead atoms. The number of aliphatic hydroxyl groups excluding tert-OH is 1. The van der Waals surface area contributed by atoms with Crippen LogP contribution in [0.4, 0.5) is 30.9 Å². The van der Waals surface area contributed by atoms with Crippen molar-refractivity contribution in [2.75, 3.05) is 24.6 Å². The molecule has 164 valence electrons. The van der Waals surface area contributed by atoms with E-state index in [-0.39, 0.29) is 18.1 Å². The Kier molecular flexibility index (Phi) is 6.32. The number of halogens is 6. The fourth-order valence-corrected chi connectivity index (χ4v) is 3.43. The molecule has 0 aliphatic carbocycles. The molecule has 1 N–H and O–H groups in total. The molecule has 0 fully saturated rings. The number of nitrogens with zero attached hydrogens (tertiary/aromatic N) is 2. The summed E-state index contributed by atoms with van der Waals surface area (Å²) >= 11 is 0. The molecule has 1 unspecified atom stereocenters. The Morgan fingerprint density at radius 3 is 1.82 bits per heavy atom. The average Bonchev–Trinajstić information content (AvgIpc) is 2.81. The summed E-state index contributed by atoms with van der Waals surface area (Å²) in [5.74, 6) is 0. The minimum absolute atomic E-state index is 0.0681. The van der Waals surface area contributed by atoms with E-state index in [1.54, 1.807) is 0 Å². The van der Waals surface area contributed by atoms with Crippen molar-refractivity contribution in [1.82, 2.24) is 0 Å². The zero-order valence-electron chi connectivity index (χ0n) is 17.0. The van der Waals surface area contributed by atoms with Crippen LogP contribution < -0.4 is 4.90 Å². The molecular formula is C18H29F6N2OP. The van der Waals surface area contributed by atoms with Crippen molar-refractivity contribution in [2.24, 2.45) is 5.41 Å². The van der Waals surface area contributed by atoms with Crippen LogP contribution in [0.5, 0.6) is 0 Å². The van der Waals surface area contributed by atoms with Gasteiger partial charge in [0.25, 0.3) is 0 Å². The molecule has 1 atom stereocenters. The topological polar surface area (TPSA) is 26.5 Å². The Morgan fingerprint density at radius 2 is 1.46 bits per heavy atom. The quantitative estimate of drug-likeness (QED) is 0.345. The summed E-state index contributed by atoms with van der Waals surface area (Å²) in [6, 6.07) is 4.65. The number of benzene rings is 1. The predicted octanol–water partition coefficient (Wildman–Crippen LogP) is 6.26. The maximum absolute atomic E-state index is 10.7. The molecule has 0 amide bonds. The first-order valence-electron chi connectivity index (χ1n) is 8.81. The van der Waals surface area contributed by atoms with Crippen LogP contribution in [0.15, 0.2) is 12.1 Å². The standard InChI is InChI=1S/C18H29N2O.F6P/c1-13-9-14(2)17(15(3)10-13)20-8-7-19(12-20)16(11-21)18(4,5)6;1-7(2,3,4,5)6/h9-10,12,16,21H,7-8,11H2,1-6H3;/q+1;-1. The zero-order valence-corrected chi connectivity index (χ0v) is 17.9. The van der Waals surface area contributed by atoms with Crippen LogP contribution in [-0.2, 0) is 0 Å². The fourth-order valence-electron chi connectivity index (χ4n) is 3.43. The second-order valence-corrected chi connectivity index (χ2v) is 10.2. The molecule has 0 saturated heterocycles. The van der Waals surface area contributed by atoms with E-state index in [2.05, 4.69) is 69.5 Å². The second-order valence-electron chi connectivity index (χ2n) is 8.32. The third-order valence-electron chi connectivity index (χ3n) is 4.38. The van der Waals surface area contributed by atoms with E-state index >= 15 is 0 Å². The number of hydrogen-bond acceptors (Lipinski definition) is 2. The Morgan fingerprint density at radius 1 is 1.04 bits per heavy atom. The van der Waals surface area contributed by atoms with Gasteiger partial charge in [0.1, 0.15) is 24.8 Å². The van der Waals surface area contributed by atoms with E-state index in [4.69, 9.17) is 0 Å². The van der Waals surface area contributed by atoms with Gasteiger partial charge in [0.05, 0.1) is 6.61 Å². The van der Waals surface area contributed by atoms with Gasteiger partial charge in [0.2, 0.25) is 6.34 Å². The first kappa shape index (κ1) is 24.7. The SMILES string of the molecule is Cc1cc(C)c(N2C=[N+](C(CO)C(C)(C)C)CC2)c(C)c1.F[P-](F)(F)(F)(F)F. The predicted molar refractivity (Wildman–Crippen MR) is 103 cm³/mol. The molecule has 10 heteroatoms. The van der Waals surface area contributed by atoms with E-state index in [0.29, 0.717) is 0 Å². The summed E-state index contributed by atoms with van der Waals surface area (Å²) in [5, 5.41) is 9.74. The molecule has 0 spiro atoms. The molecular weight excluding hydrogens is 405 g/mol. The molecule has 0 saturated carbocycles. The van der Waals surface area contributed by atoms with E-state index < -0.39 is 7.81 Å². The molecule has 1 aliphatic rings. The number of hydrogen-bond donors (Lipinski definition) is 1. The Labute approximate surface area is 161 Å². The second kappa shape index (κ2) is 7.17. The van der Waals surface area contributed by atoms with Crippen LogP contribution in [0.25, 0.3) is 0 Å². The van der Waals surface area contributed by atoms with Crippen LogP contribution >= 0.6 is 7.81 Å². The van der Waals surface area contributed by atoms with Gasteiger partial charge in [-0.1, -0.05) is 38.5 Å². The summed E-state index contributed by atoms with van der Waals surface area (Å²) in [7, 11) is -10.7. The van der Waals surface area contributed by atoms with Crippen molar-refractivity contribution < 1.29 is 34.9 Å². The number of rotatable bonds is 3. The van der Waals surface area contributed by atoms with Gasteiger partial charge in [-0.2, -0.15) is 0 Å². The van der Waals surface area contributed by atoms with E-state index in [9.17, 15) is 30.3 Å². The Hall–Kier alpha value is -1.34. The van der Waals surface area contributed by atoms with Crippen LogP contribution in [-0.4, -0.2) is 41.8 Å². The van der Waals surface area contributed by atoms with Crippen LogP contribution in [0.2, 0.25) is 0 Å². The third-order valence-corrected chi connectivity index (χ3v) is 4.38. The number of aliphatic hydroxyl groups is 1. The molecule has 1 aromatic carbocycles. The normalized spacial score (nSPS) is 18.6. The van der Waals surface area contributed by atoms with Crippen molar-refractivity contribution >= 4 is 19.8 Å². The van der Waals surface area contributed by atoms with Gasteiger partial charge in [0, 0.05) is 5.41 Å². The Balaban J connectivity index is 0.000000480. The molecule has 2 rings (SSSR count). The van der Waals surface area contributed by atoms with E-state index in [0.717, 1.165) is 13.1 Å². The van der Waals surface area contributed by atoms with Crippen molar-refractivity contribution in [3.63, 3.8) is 0 Å². The van der Waals surface area contributed by atoms with Gasteiger partial charge in [-0.3, -0.25) is 4.58 Å². The molecule has 1 aliphatic heterocycles. The Bertz CT molecular complexity index is 719. The summed E-state index contributed by atoms with van der Waals surface area (Å²) in [6.07, 6.45) is 2.19. The average molecular weight is 434 g/mol. The summed E-state index contributed by atoms with van der Waals surface area (Å²) < 4.78 is 61.5. The summed E-state index contributed by atoms with van der Waals surface area (Å²) in [6.45, 7) is 15.2. The fraction of sp³-hybridized carbons (Fsp3) is 0.611. The first-order chi connectivity index (χ1) is 12.2. The number of aryl methyl sites for hydroxylation is 3.